The maximum atomic E-state index is 11.7. The van der Waals surface area contributed by atoms with Crippen molar-refractivity contribution in [3.8, 4) is 22.8 Å². The fourth-order valence-electron chi connectivity index (χ4n) is 2.51. The van der Waals surface area contributed by atoms with Crippen LogP contribution in [0, 0.1) is 0 Å². The molecule has 0 aliphatic carbocycles. The molecule has 3 aromatic rings. The number of para-hydroxylation sites is 1. The van der Waals surface area contributed by atoms with E-state index < -0.39 is 0 Å². The quantitative estimate of drug-likeness (QED) is 0.732. The lowest BCUT2D eigenvalue weighted by atomic mass is 10.1. The summed E-state index contributed by atoms with van der Waals surface area (Å²) in [5.74, 6) is 1.57. The summed E-state index contributed by atoms with van der Waals surface area (Å²) in [5.41, 5.74) is 2.37. The highest BCUT2D eigenvalue weighted by Gasteiger charge is 2.14. The van der Waals surface area contributed by atoms with Gasteiger partial charge in [0.05, 0.1) is 26.1 Å². The molecule has 134 valence electrons. The maximum absolute atomic E-state index is 11.7. The average Bonchev–Trinajstić information content (AvgIpc) is 2.66. The Balaban J connectivity index is 2.02. The molecule has 0 saturated heterocycles. The molecular weight excluding hydrogens is 334 g/mol. The second-order valence-corrected chi connectivity index (χ2v) is 5.32. The van der Waals surface area contributed by atoms with Crippen molar-refractivity contribution in [2.75, 3.05) is 26.1 Å². The molecule has 3 rings (SSSR count). The number of rotatable bonds is 5. The molecule has 2 aromatic heterocycles. The van der Waals surface area contributed by atoms with Crippen LogP contribution in [0.1, 0.15) is 6.92 Å². The van der Waals surface area contributed by atoms with Gasteiger partial charge in [-0.2, -0.15) is 0 Å². The molecule has 0 saturated carbocycles. The van der Waals surface area contributed by atoms with Gasteiger partial charge in [-0.15, -0.1) is 0 Å². The molecule has 0 atom stereocenters. The minimum atomic E-state index is -0.321. The average molecular weight is 353 g/mol. The van der Waals surface area contributed by atoms with Crippen LogP contribution in [-0.2, 0) is 0 Å². The third-order valence-electron chi connectivity index (χ3n) is 3.66. The number of carbonyl (C=O) groups is 1. The van der Waals surface area contributed by atoms with E-state index in [2.05, 4.69) is 25.6 Å². The number of nitrogens with one attached hydrogen (secondary N) is 2. The Morgan fingerprint density at radius 2 is 1.96 bits per heavy atom. The maximum Gasteiger partial charge on any atom is 0.320 e. The van der Waals surface area contributed by atoms with Gasteiger partial charge in [0.2, 0.25) is 0 Å². The smallest absolute Gasteiger partial charge is 0.320 e. The summed E-state index contributed by atoms with van der Waals surface area (Å²) < 4.78 is 10.8. The van der Waals surface area contributed by atoms with E-state index in [4.69, 9.17) is 9.47 Å². The van der Waals surface area contributed by atoms with Crippen LogP contribution in [0.5, 0.6) is 11.5 Å². The van der Waals surface area contributed by atoms with Crippen molar-refractivity contribution in [3.63, 3.8) is 0 Å². The van der Waals surface area contributed by atoms with E-state index in [-0.39, 0.29) is 6.03 Å². The van der Waals surface area contributed by atoms with Gasteiger partial charge in [-0.25, -0.2) is 14.8 Å². The molecule has 2 amide bonds. The van der Waals surface area contributed by atoms with Gasteiger partial charge in [-0.3, -0.25) is 10.3 Å². The van der Waals surface area contributed by atoms with Crippen molar-refractivity contribution in [1.82, 2.24) is 20.3 Å². The number of urea groups is 1. The number of amides is 2. The Kier molecular flexibility index (Phi) is 5.12. The van der Waals surface area contributed by atoms with Crippen molar-refractivity contribution in [2.24, 2.45) is 0 Å². The second kappa shape index (κ2) is 7.64. The van der Waals surface area contributed by atoms with Crippen molar-refractivity contribution in [2.45, 2.75) is 6.92 Å². The summed E-state index contributed by atoms with van der Waals surface area (Å²) in [5, 5.41) is 5.31. The van der Waals surface area contributed by atoms with Crippen LogP contribution >= 0.6 is 0 Å². The molecule has 0 aliphatic heterocycles. The highest BCUT2D eigenvalue weighted by atomic mass is 16.5. The van der Waals surface area contributed by atoms with Crippen LogP contribution in [0.3, 0.4) is 0 Å². The normalized spacial score (nSPS) is 10.4. The molecule has 0 bridgehead atoms. The minimum absolute atomic E-state index is 0.321. The lowest BCUT2D eigenvalue weighted by Crippen LogP contribution is -2.28. The summed E-state index contributed by atoms with van der Waals surface area (Å²) in [6.07, 6.45) is 1.65. The number of aromatic nitrogens is 3. The third-order valence-corrected chi connectivity index (χ3v) is 3.66. The molecule has 2 N–H and O–H groups in total. The fourth-order valence-corrected chi connectivity index (χ4v) is 2.51. The van der Waals surface area contributed by atoms with E-state index in [0.29, 0.717) is 40.7 Å². The molecule has 26 heavy (non-hydrogen) atoms. The van der Waals surface area contributed by atoms with E-state index in [1.807, 2.05) is 25.1 Å². The predicted octanol–water partition coefficient (Wildman–Crippen LogP) is 2.85. The van der Waals surface area contributed by atoms with Crippen molar-refractivity contribution in [1.29, 1.82) is 0 Å². The van der Waals surface area contributed by atoms with Crippen LogP contribution < -0.4 is 20.1 Å². The topological polar surface area (TPSA) is 98.3 Å². The van der Waals surface area contributed by atoms with Crippen molar-refractivity contribution < 1.29 is 14.3 Å². The number of pyridine rings is 1. The first-order valence-corrected chi connectivity index (χ1v) is 8.06. The van der Waals surface area contributed by atoms with Crippen LogP contribution in [0.15, 0.2) is 36.5 Å². The second-order valence-electron chi connectivity index (χ2n) is 5.32. The van der Waals surface area contributed by atoms with Gasteiger partial charge in [0.25, 0.3) is 0 Å². The Bertz CT molecular complexity index is 945. The number of anilines is 1. The van der Waals surface area contributed by atoms with E-state index in [1.165, 1.54) is 0 Å². The minimum Gasteiger partial charge on any atom is -0.493 e. The molecule has 0 unspecified atom stereocenters. The number of hydrogen-bond donors (Lipinski definition) is 2. The zero-order valence-corrected chi connectivity index (χ0v) is 14.7. The summed E-state index contributed by atoms with van der Waals surface area (Å²) in [4.78, 5) is 25.0. The highest BCUT2D eigenvalue weighted by molar-refractivity contribution is 5.89. The molecule has 0 radical (unpaired) electrons. The number of ether oxygens (including phenoxy) is 2. The SMILES string of the molecule is CCNC(=O)Nc1ccc2ncc(-c3cccc(OC)c3OC)nc2n1. The summed E-state index contributed by atoms with van der Waals surface area (Å²) >= 11 is 0. The Hall–Kier alpha value is -3.42. The van der Waals surface area contributed by atoms with Crippen LogP contribution in [0.2, 0.25) is 0 Å². The molecular formula is C18H19N5O3. The lowest BCUT2D eigenvalue weighted by molar-refractivity contribution is 0.252. The summed E-state index contributed by atoms with van der Waals surface area (Å²) in [6.45, 7) is 2.37. The molecule has 1 aromatic carbocycles. The van der Waals surface area contributed by atoms with Crippen molar-refractivity contribution >= 4 is 23.0 Å². The first kappa shape index (κ1) is 17.4. The van der Waals surface area contributed by atoms with E-state index in [9.17, 15) is 4.79 Å². The molecule has 2 heterocycles. The molecule has 8 nitrogen and oxygen atoms in total. The zero-order valence-electron chi connectivity index (χ0n) is 14.7. The Morgan fingerprint density at radius 3 is 2.69 bits per heavy atom. The predicted molar refractivity (Wildman–Crippen MR) is 98.6 cm³/mol. The van der Waals surface area contributed by atoms with Gasteiger partial charge in [0, 0.05) is 12.1 Å². The van der Waals surface area contributed by atoms with Gasteiger partial charge < -0.3 is 14.8 Å². The largest absolute Gasteiger partial charge is 0.493 e. The number of benzene rings is 1. The monoisotopic (exact) mass is 353 g/mol. The van der Waals surface area contributed by atoms with E-state index in [0.717, 1.165) is 5.56 Å². The summed E-state index contributed by atoms with van der Waals surface area (Å²) in [7, 11) is 3.15. The highest BCUT2D eigenvalue weighted by Crippen LogP contribution is 2.36. The van der Waals surface area contributed by atoms with Gasteiger partial charge in [0.15, 0.2) is 17.1 Å². The van der Waals surface area contributed by atoms with Crippen LogP contribution in [0.25, 0.3) is 22.4 Å². The number of hydrogen-bond acceptors (Lipinski definition) is 6. The Morgan fingerprint density at radius 1 is 1.12 bits per heavy atom. The third kappa shape index (κ3) is 3.49. The molecule has 8 heteroatoms. The number of fused-ring (bicyclic) bond motifs is 1. The standard InChI is InChI=1S/C18H19N5O3/c1-4-19-18(24)23-15-9-8-12-17(22-15)21-13(10-20-12)11-6-5-7-14(25-2)16(11)26-3/h5-10H,4H2,1-3H3,(H2,19,21,22,23,24). The fraction of sp³-hybridized carbons (Fsp3) is 0.222. The number of nitrogens with zero attached hydrogens (tertiary/aromatic N) is 3. The molecule has 0 aliphatic rings. The first-order chi connectivity index (χ1) is 12.7. The van der Waals surface area contributed by atoms with Gasteiger partial charge in [-0.05, 0) is 31.2 Å². The Labute approximate surface area is 150 Å². The van der Waals surface area contributed by atoms with Gasteiger partial charge in [0.1, 0.15) is 11.3 Å². The van der Waals surface area contributed by atoms with E-state index in [1.54, 1.807) is 32.5 Å². The summed E-state index contributed by atoms with van der Waals surface area (Å²) in [6, 6.07) is 8.64. The first-order valence-electron chi connectivity index (χ1n) is 8.06. The van der Waals surface area contributed by atoms with Crippen molar-refractivity contribution in [3.05, 3.63) is 36.5 Å². The number of carbonyl (C=O) groups excluding carboxylic acids is 1. The van der Waals surface area contributed by atoms with E-state index >= 15 is 0 Å². The lowest BCUT2D eigenvalue weighted by Gasteiger charge is -2.12. The van der Waals surface area contributed by atoms with Crippen LogP contribution in [0.4, 0.5) is 10.6 Å². The molecule has 0 spiro atoms. The molecule has 0 fully saturated rings. The van der Waals surface area contributed by atoms with Gasteiger partial charge >= 0.3 is 6.03 Å². The van der Waals surface area contributed by atoms with Crippen LogP contribution in [-0.4, -0.2) is 41.7 Å². The number of methoxy groups -OCH3 is 2. The van der Waals surface area contributed by atoms with Gasteiger partial charge in [-0.1, -0.05) is 6.07 Å². The zero-order chi connectivity index (χ0) is 18.5.